The van der Waals surface area contributed by atoms with Crippen LogP contribution in [0.5, 0.6) is 0 Å². The number of carbonyl (C=O) groups excluding carboxylic acids is 1. The van der Waals surface area contributed by atoms with E-state index in [4.69, 9.17) is 0 Å². The van der Waals surface area contributed by atoms with Gasteiger partial charge in [0.05, 0.1) is 22.8 Å². The van der Waals surface area contributed by atoms with Crippen molar-refractivity contribution in [1.82, 2.24) is 25.5 Å². The van der Waals surface area contributed by atoms with Gasteiger partial charge in [-0.15, -0.1) is 0 Å². The van der Waals surface area contributed by atoms with E-state index in [0.717, 1.165) is 61.1 Å². The summed E-state index contributed by atoms with van der Waals surface area (Å²) < 4.78 is 0. The van der Waals surface area contributed by atoms with E-state index < -0.39 is 0 Å². The molecule has 7 nitrogen and oxygen atoms in total. The van der Waals surface area contributed by atoms with Crippen LogP contribution in [0.4, 0.5) is 5.82 Å². The molecule has 0 radical (unpaired) electrons. The summed E-state index contributed by atoms with van der Waals surface area (Å²) in [5.41, 5.74) is 2.41. The molecule has 0 saturated carbocycles. The average molecular weight is 348 g/mol. The maximum absolute atomic E-state index is 13.2. The first-order valence-corrected chi connectivity index (χ1v) is 9.04. The van der Waals surface area contributed by atoms with E-state index >= 15 is 0 Å². The highest BCUT2D eigenvalue weighted by molar-refractivity contribution is 6.05. The number of fused-ring (bicyclic) bond motifs is 1. The number of carbonyl (C=O) groups is 1. The second kappa shape index (κ2) is 5.88. The molecule has 132 valence electrons. The summed E-state index contributed by atoms with van der Waals surface area (Å²) in [6, 6.07) is 5.86. The maximum atomic E-state index is 13.2. The minimum atomic E-state index is -0.213. The Hall–Kier alpha value is -2.80. The molecule has 0 atom stereocenters. The van der Waals surface area contributed by atoms with Crippen molar-refractivity contribution in [3.63, 3.8) is 0 Å². The fourth-order valence-electron chi connectivity index (χ4n) is 4.17. The van der Waals surface area contributed by atoms with E-state index in [1.165, 1.54) is 0 Å². The Kier molecular flexibility index (Phi) is 3.49. The van der Waals surface area contributed by atoms with E-state index in [9.17, 15) is 4.79 Å². The van der Waals surface area contributed by atoms with Crippen LogP contribution < -0.4 is 10.2 Å². The van der Waals surface area contributed by atoms with Gasteiger partial charge in [-0.2, -0.15) is 5.10 Å². The van der Waals surface area contributed by atoms with Crippen LogP contribution >= 0.6 is 0 Å². The van der Waals surface area contributed by atoms with Crippen LogP contribution in [-0.4, -0.2) is 45.7 Å². The lowest BCUT2D eigenvalue weighted by Gasteiger charge is -2.31. The van der Waals surface area contributed by atoms with Crippen LogP contribution in [0.15, 0.2) is 36.8 Å². The van der Waals surface area contributed by atoms with E-state index in [-0.39, 0.29) is 11.3 Å². The molecule has 2 fully saturated rings. The third-order valence-electron chi connectivity index (χ3n) is 5.71. The van der Waals surface area contributed by atoms with Crippen molar-refractivity contribution in [3.05, 3.63) is 36.8 Å². The lowest BCUT2D eigenvalue weighted by molar-refractivity contribution is -0.126. The molecule has 1 amide bonds. The quantitative estimate of drug-likeness (QED) is 0.741. The van der Waals surface area contributed by atoms with Crippen molar-refractivity contribution in [2.24, 2.45) is 5.41 Å². The van der Waals surface area contributed by atoms with Gasteiger partial charge in [-0.1, -0.05) is 0 Å². The zero-order valence-corrected chi connectivity index (χ0v) is 14.4. The zero-order chi connectivity index (χ0) is 17.6. The van der Waals surface area contributed by atoms with Gasteiger partial charge in [0.25, 0.3) is 0 Å². The summed E-state index contributed by atoms with van der Waals surface area (Å²) >= 11 is 0. The monoisotopic (exact) mass is 348 g/mol. The maximum Gasteiger partial charge on any atom is 0.234 e. The van der Waals surface area contributed by atoms with Crippen LogP contribution in [-0.2, 0) is 4.79 Å². The summed E-state index contributed by atoms with van der Waals surface area (Å²) in [7, 11) is 0. The third-order valence-corrected chi connectivity index (χ3v) is 5.71. The Bertz CT molecular complexity index is 961. The number of anilines is 1. The summed E-state index contributed by atoms with van der Waals surface area (Å²) in [5.74, 6) is 0.931. The van der Waals surface area contributed by atoms with Crippen LogP contribution in [0.2, 0.25) is 0 Å². The molecule has 2 aliphatic heterocycles. The van der Waals surface area contributed by atoms with Gasteiger partial charge in [-0.05, 0) is 50.6 Å². The molecule has 7 heteroatoms. The lowest BCUT2D eigenvalue weighted by Crippen LogP contribution is -2.42. The molecular weight excluding hydrogens is 328 g/mol. The van der Waals surface area contributed by atoms with Crippen molar-refractivity contribution in [2.45, 2.75) is 19.3 Å². The van der Waals surface area contributed by atoms with Gasteiger partial charge in [0, 0.05) is 29.9 Å². The number of rotatable bonds is 2. The van der Waals surface area contributed by atoms with Crippen LogP contribution in [0, 0.1) is 5.41 Å². The SMILES string of the molecule is O=C1N(c2n[nH]c3cnc(-c4cccnc4)cc23)CCC12CCNCC2. The largest absolute Gasteiger partial charge is 0.317 e. The van der Waals surface area contributed by atoms with Crippen LogP contribution in [0.1, 0.15) is 19.3 Å². The number of pyridine rings is 2. The van der Waals surface area contributed by atoms with Gasteiger partial charge < -0.3 is 5.32 Å². The van der Waals surface area contributed by atoms with Gasteiger partial charge in [-0.3, -0.25) is 24.8 Å². The van der Waals surface area contributed by atoms with Crippen LogP contribution in [0.25, 0.3) is 22.2 Å². The minimum absolute atomic E-state index is 0.213. The highest BCUT2D eigenvalue weighted by atomic mass is 16.2. The van der Waals surface area contributed by atoms with Crippen molar-refractivity contribution in [3.8, 4) is 11.3 Å². The molecular formula is C19H20N6O. The van der Waals surface area contributed by atoms with Gasteiger partial charge in [0.1, 0.15) is 0 Å². The molecule has 2 saturated heterocycles. The molecule has 1 spiro atoms. The summed E-state index contributed by atoms with van der Waals surface area (Å²) in [6.45, 7) is 2.55. The predicted octanol–water partition coefficient (Wildman–Crippen LogP) is 2.13. The van der Waals surface area contributed by atoms with Crippen molar-refractivity contribution < 1.29 is 4.79 Å². The molecule has 0 aliphatic carbocycles. The van der Waals surface area contributed by atoms with E-state index in [1.54, 1.807) is 18.6 Å². The summed E-state index contributed by atoms with van der Waals surface area (Å²) in [4.78, 5) is 23.7. The first kappa shape index (κ1) is 15.5. The number of nitrogens with one attached hydrogen (secondary N) is 2. The fraction of sp³-hybridized carbons (Fsp3) is 0.368. The van der Waals surface area contributed by atoms with Gasteiger partial charge in [0.2, 0.25) is 5.91 Å². The van der Waals surface area contributed by atoms with Crippen molar-refractivity contribution >= 4 is 22.6 Å². The molecule has 3 aromatic rings. The van der Waals surface area contributed by atoms with Crippen LogP contribution in [0.3, 0.4) is 0 Å². The summed E-state index contributed by atoms with van der Waals surface area (Å²) in [6.07, 6.45) is 8.03. The predicted molar refractivity (Wildman–Crippen MR) is 98.6 cm³/mol. The number of amides is 1. The Balaban J connectivity index is 1.54. The molecule has 5 heterocycles. The molecule has 3 aromatic heterocycles. The highest BCUT2D eigenvalue weighted by Crippen LogP contribution is 2.42. The number of H-pyrrole nitrogens is 1. The molecule has 2 N–H and O–H groups in total. The van der Waals surface area contributed by atoms with Crippen molar-refractivity contribution in [2.75, 3.05) is 24.5 Å². The fourth-order valence-corrected chi connectivity index (χ4v) is 4.17. The molecule has 0 unspecified atom stereocenters. The molecule has 2 aliphatic rings. The Morgan fingerprint density at radius 3 is 2.85 bits per heavy atom. The smallest absolute Gasteiger partial charge is 0.234 e. The first-order valence-electron chi connectivity index (χ1n) is 9.04. The zero-order valence-electron chi connectivity index (χ0n) is 14.4. The van der Waals surface area contributed by atoms with Gasteiger partial charge in [0.15, 0.2) is 5.82 Å². The number of hydrogen-bond acceptors (Lipinski definition) is 5. The van der Waals surface area contributed by atoms with E-state index in [2.05, 4.69) is 25.5 Å². The lowest BCUT2D eigenvalue weighted by atomic mass is 9.78. The molecule has 5 rings (SSSR count). The highest BCUT2D eigenvalue weighted by Gasteiger charge is 2.48. The number of aromatic nitrogens is 4. The second-order valence-corrected chi connectivity index (χ2v) is 7.14. The van der Waals surface area contributed by atoms with Gasteiger partial charge in [-0.25, -0.2) is 0 Å². The normalized spacial score (nSPS) is 19.5. The van der Waals surface area contributed by atoms with E-state index in [1.807, 2.05) is 23.1 Å². The number of aromatic amines is 1. The average Bonchev–Trinajstić information content (AvgIpc) is 3.25. The molecule has 26 heavy (non-hydrogen) atoms. The van der Waals surface area contributed by atoms with E-state index in [0.29, 0.717) is 5.82 Å². The Labute approximate surface area is 150 Å². The summed E-state index contributed by atoms with van der Waals surface area (Å²) in [5, 5.41) is 11.8. The first-order chi connectivity index (χ1) is 12.8. The molecule has 0 aromatic carbocycles. The van der Waals surface area contributed by atoms with Crippen molar-refractivity contribution in [1.29, 1.82) is 0 Å². The minimum Gasteiger partial charge on any atom is -0.317 e. The standard InChI is InChI=1S/C19H20N6O/c26-18-19(3-7-20-8-4-19)5-9-25(18)17-14-10-15(13-2-1-6-21-11-13)22-12-16(14)23-24-17/h1-2,6,10-12,20H,3-5,7-9H2,(H,23,24). The van der Waals surface area contributed by atoms with Gasteiger partial charge >= 0.3 is 0 Å². The Morgan fingerprint density at radius 2 is 2.04 bits per heavy atom. The third kappa shape index (κ3) is 2.31. The second-order valence-electron chi connectivity index (χ2n) is 7.14. The number of piperidine rings is 1. The Morgan fingerprint density at radius 1 is 1.15 bits per heavy atom. The number of nitrogens with zero attached hydrogens (tertiary/aromatic N) is 4. The topological polar surface area (TPSA) is 86.8 Å². The molecule has 0 bridgehead atoms. The number of hydrogen-bond donors (Lipinski definition) is 2.